The second-order valence-corrected chi connectivity index (χ2v) is 7.28. The summed E-state index contributed by atoms with van der Waals surface area (Å²) in [6.45, 7) is 7.87. The van der Waals surface area contributed by atoms with Crippen LogP contribution < -0.4 is 15.4 Å². The van der Waals surface area contributed by atoms with Crippen molar-refractivity contribution in [2.24, 2.45) is 0 Å². The Morgan fingerprint density at radius 3 is 2.48 bits per heavy atom. The number of nitrogens with one attached hydrogen (secondary N) is 2. The molecule has 1 heterocycles. The van der Waals surface area contributed by atoms with Gasteiger partial charge < -0.3 is 24.7 Å². The van der Waals surface area contributed by atoms with Gasteiger partial charge in [0.15, 0.2) is 0 Å². The van der Waals surface area contributed by atoms with E-state index in [0.29, 0.717) is 24.5 Å². The lowest BCUT2D eigenvalue weighted by Crippen LogP contribution is -2.32. The molecule has 2 amide bonds. The Balaban J connectivity index is 1.63. The molecule has 31 heavy (non-hydrogen) atoms. The highest BCUT2D eigenvalue weighted by atomic mass is 16.5. The molecule has 0 saturated heterocycles. The number of carbonyl (C=O) groups excluding carboxylic acids is 2. The third-order valence-corrected chi connectivity index (χ3v) is 5.28. The van der Waals surface area contributed by atoms with E-state index in [-0.39, 0.29) is 18.4 Å². The van der Waals surface area contributed by atoms with Gasteiger partial charge in [-0.05, 0) is 68.8 Å². The van der Waals surface area contributed by atoms with Crippen LogP contribution in [0.25, 0.3) is 10.9 Å². The zero-order chi connectivity index (χ0) is 22.4. The van der Waals surface area contributed by atoms with E-state index in [9.17, 15) is 9.59 Å². The predicted octanol–water partition coefficient (Wildman–Crippen LogP) is 3.67. The summed E-state index contributed by atoms with van der Waals surface area (Å²) in [5.74, 6) is 0.160. The van der Waals surface area contributed by atoms with Crippen LogP contribution in [-0.2, 0) is 16.1 Å². The lowest BCUT2D eigenvalue weighted by molar-refractivity contribution is -0.115. The summed E-state index contributed by atoms with van der Waals surface area (Å²) in [6.07, 6.45) is 0. The first kappa shape index (κ1) is 22.4. The van der Waals surface area contributed by atoms with E-state index >= 15 is 0 Å². The van der Waals surface area contributed by atoms with Crippen LogP contribution in [0.3, 0.4) is 0 Å². The normalized spacial score (nSPS) is 10.8. The highest BCUT2D eigenvalue weighted by Gasteiger charge is 2.14. The molecule has 0 spiro atoms. The molecule has 164 valence electrons. The zero-order valence-corrected chi connectivity index (χ0v) is 18.5. The van der Waals surface area contributed by atoms with Crippen molar-refractivity contribution in [3.63, 3.8) is 0 Å². The number of rotatable bonds is 9. The highest BCUT2D eigenvalue weighted by Crippen LogP contribution is 2.26. The van der Waals surface area contributed by atoms with Crippen molar-refractivity contribution in [1.82, 2.24) is 9.88 Å². The van der Waals surface area contributed by atoms with Crippen LogP contribution in [0, 0.1) is 13.8 Å². The molecule has 2 aromatic carbocycles. The van der Waals surface area contributed by atoms with Crippen LogP contribution in [0.2, 0.25) is 0 Å². The van der Waals surface area contributed by atoms with Gasteiger partial charge in [0.05, 0.1) is 19.8 Å². The summed E-state index contributed by atoms with van der Waals surface area (Å²) < 4.78 is 12.8. The number of nitrogens with zero attached hydrogens (tertiary/aromatic N) is 1. The van der Waals surface area contributed by atoms with Gasteiger partial charge in [0, 0.05) is 41.5 Å². The molecule has 3 rings (SSSR count). The predicted molar refractivity (Wildman–Crippen MR) is 122 cm³/mol. The Bertz CT molecular complexity index is 1070. The lowest BCUT2D eigenvalue weighted by atomic mass is 10.1. The van der Waals surface area contributed by atoms with Gasteiger partial charge in [0.25, 0.3) is 5.91 Å². The molecule has 0 unspecified atom stereocenters. The first-order valence-electron chi connectivity index (χ1n) is 10.3. The minimum Gasteiger partial charge on any atom is -0.494 e. The molecular weight excluding hydrogens is 394 g/mol. The Morgan fingerprint density at radius 1 is 1.06 bits per heavy atom. The average Bonchev–Trinajstić information content (AvgIpc) is 3.01. The van der Waals surface area contributed by atoms with E-state index in [1.54, 1.807) is 37.4 Å². The highest BCUT2D eigenvalue weighted by molar-refractivity contribution is 6.02. The molecule has 0 aliphatic rings. The monoisotopic (exact) mass is 423 g/mol. The molecule has 7 heteroatoms. The standard InChI is InChI=1S/C24H29N3O4/c1-5-31-20-9-7-19(8-10-20)26-23(28)15-25-24(29)18-6-11-22-21(14-18)16(2)17(3)27(22)12-13-30-4/h6-11,14H,5,12-13,15H2,1-4H3,(H,25,29)(H,26,28). The summed E-state index contributed by atoms with van der Waals surface area (Å²) in [5, 5.41) is 6.48. The molecule has 0 aliphatic carbocycles. The van der Waals surface area contributed by atoms with Gasteiger partial charge in [-0.1, -0.05) is 0 Å². The number of aromatic nitrogens is 1. The molecule has 0 fully saturated rings. The summed E-state index contributed by atoms with van der Waals surface area (Å²) >= 11 is 0. The number of hydrogen-bond donors (Lipinski definition) is 2. The van der Waals surface area contributed by atoms with Gasteiger partial charge in [-0.3, -0.25) is 9.59 Å². The fourth-order valence-electron chi connectivity index (χ4n) is 3.53. The number of carbonyl (C=O) groups is 2. The van der Waals surface area contributed by atoms with Gasteiger partial charge in [-0.25, -0.2) is 0 Å². The fraction of sp³-hybridized carbons (Fsp3) is 0.333. The van der Waals surface area contributed by atoms with Crippen molar-refractivity contribution >= 4 is 28.4 Å². The first-order chi connectivity index (χ1) is 14.9. The summed E-state index contributed by atoms with van der Waals surface area (Å²) in [7, 11) is 1.68. The van der Waals surface area contributed by atoms with E-state index in [1.807, 2.05) is 26.0 Å². The summed E-state index contributed by atoms with van der Waals surface area (Å²) in [5.41, 5.74) is 4.52. The molecule has 7 nitrogen and oxygen atoms in total. The van der Waals surface area contributed by atoms with Crippen LogP contribution in [0.15, 0.2) is 42.5 Å². The molecule has 0 atom stereocenters. The summed E-state index contributed by atoms with van der Waals surface area (Å²) in [6, 6.07) is 12.7. The van der Waals surface area contributed by atoms with Crippen molar-refractivity contribution in [2.75, 3.05) is 32.2 Å². The Hall–Kier alpha value is -3.32. The number of aryl methyl sites for hydroxylation is 1. The second kappa shape index (κ2) is 10.1. The van der Waals surface area contributed by atoms with Gasteiger partial charge in [-0.15, -0.1) is 0 Å². The number of ether oxygens (including phenoxy) is 2. The smallest absolute Gasteiger partial charge is 0.251 e. The topological polar surface area (TPSA) is 81.6 Å². The third-order valence-electron chi connectivity index (χ3n) is 5.28. The van der Waals surface area contributed by atoms with Gasteiger partial charge in [-0.2, -0.15) is 0 Å². The van der Waals surface area contributed by atoms with Crippen LogP contribution in [0.4, 0.5) is 5.69 Å². The van der Waals surface area contributed by atoms with Crippen LogP contribution in [0.5, 0.6) is 5.75 Å². The van der Waals surface area contributed by atoms with Gasteiger partial charge >= 0.3 is 0 Å². The summed E-state index contributed by atoms with van der Waals surface area (Å²) in [4.78, 5) is 24.8. The van der Waals surface area contributed by atoms with Crippen molar-refractivity contribution in [3.8, 4) is 5.75 Å². The quantitative estimate of drug-likeness (QED) is 0.550. The molecular formula is C24H29N3O4. The molecule has 0 bridgehead atoms. The van der Waals surface area contributed by atoms with E-state index < -0.39 is 0 Å². The Kier molecular flexibility index (Phi) is 7.31. The molecule has 0 radical (unpaired) electrons. The number of methoxy groups -OCH3 is 1. The van der Waals surface area contributed by atoms with Crippen LogP contribution >= 0.6 is 0 Å². The minimum absolute atomic E-state index is 0.114. The maximum atomic E-state index is 12.6. The minimum atomic E-state index is -0.295. The molecule has 2 N–H and O–H groups in total. The van der Waals surface area contributed by atoms with E-state index in [0.717, 1.165) is 34.5 Å². The molecule has 1 aromatic heterocycles. The number of hydrogen-bond acceptors (Lipinski definition) is 4. The largest absolute Gasteiger partial charge is 0.494 e. The van der Waals surface area contributed by atoms with Crippen LogP contribution in [0.1, 0.15) is 28.5 Å². The van der Waals surface area contributed by atoms with E-state index in [4.69, 9.17) is 9.47 Å². The van der Waals surface area contributed by atoms with E-state index in [2.05, 4.69) is 22.1 Å². The van der Waals surface area contributed by atoms with E-state index in [1.165, 1.54) is 0 Å². The molecule has 0 aliphatic heterocycles. The second-order valence-electron chi connectivity index (χ2n) is 7.28. The van der Waals surface area contributed by atoms with Crippen molar-refractivity contribution in [2.45, 2.75) is 27.3 Å². The fourth-order valence-corrected chi connectivity index (χ4v) is 3.53. The Labute approximate surface area is 182 Å². The van der Waals surface area contributed by atoms with Crippen molar-refractivity contribution < 1.29 is 19.1 Å². The first-order valence-corrected chi connectivity index (χ1v) is 10.3. The Morgan fingerprint density at radius 2 is 1.81 bits per heavy atom. The zero-order valence-electron chi connectivity index (χ0n) is 18.5. The van der Waals surface area contributed by atoms with Crippen LogP contribution in [-0.4, -0.2) is 43.2 Å². The average molecular weight is 424 g/mol. The lowest BCUT2D eigenvalue weighted by Gasteiger charge is -2.09. The maximum Gasteiger partial charge on any atom is 0.251 e. The SMILES string of the molecule is CCOc1ccc(NC(=O)CNC(=O)c2ccc3c(c2)c(C)c(C)n3CCOC)cc1. The van der Waals surface area contributed by atoms with Gasteiger partial charge in [0.2, 0.25) is 5.91 Å². The third kappa shape index (κ3) is 5.24. The molecule has 3 aromatic rings. The maximum absolute atomic E-state index is 12.6. The number of amides is 2. The van der Waals surface area contributed by atoms with Crippen molar-refractivity contribution in [3.05, 3.63) is 59.3 Å². The van der Waals surface area contributed by atoms with Gasteiger partial charge in [0.1, 0.15) is 5.75 Å². The number of fused-ring (bicyclic) bond motifs is 1. The number of benzene rings is 2. The molecule has 0 saturated carbocycles. The van der Waals surface area contributed by atoms with Crippen molar-refractivity contribution in [1.29, 1.82) is 0 Å². The number of anilines is 1.